The normalized spacial score (nSPS) is 10.3. The molecular formula is C25H28N4O6. The summed E-state index contributed by atoms with van der Waals surface area (Å²) in [4.78, 5) is 36.3. The molecule has 1 heterocycles. The fourth-order valence-corrected chi connectivity index (χ4v) is 3.10. The lowest BCUT2D eigenvalue weighted by molar-refractivity contribution is -0.123. The van der Waals surface area contributed by atoms with Crippen LogP contribution in [0.1, 0.15) is 23.0 Å². The summed E-state index contributed by atoms with van der Waals surface area (Å²) < 4.78 is 17.6. The molecule has 3 aromatic rings. The summed E-state index contributed by atoms with van der Waals surface area (Å²) in [7, 11) is 1.49. The van der Waals surface area contributed by atoms with Crippen LogP contribution in [0.4, 0.5) is 0 Å². The van der Waals surface area contributed by atoms with Gasteiger partial charge in [0, 0.05) is 19.2 Å². The lowest BCUT2D eigenvalue weighted by Crippen LogP contribution is -2.30. The second-order valence-electron chi connectivity index (χ2n) is 7.35. The minimum Gasteiger partial charge on any atom is -0.493 e. The van der Waals surface area contributed by atoms with Gasteiger partial charge in [-0.2, -0.15) is 5.10 Å². The standard InChI is InChI=1S/C25H28N4O6/c1-3-26-23(30)17-35-21-11-9-18(15-22(21)33-2)16-27-25(32)20-10-12-24(31)29(28-20)13-14-34-19-7-5-4-6-8-19/h4-12,15H,3,13-14,16-17H2,1-2H3,(H,26,30)(H,27,32). The topological polar surface area (TPSA) is 121 Å². The number of methoxy groups -OCH3 is 1. The number of amides is 2. The Balaban J connectivity index is 1.57. The van der Waals surface area contributed by atoms with Crippen LogP contribution in [-0.2, 0) is 17.9 Å². The number of benzene rings is 2. The van der Waals surface area contributed by atoms with Gasteiger partial charge in [-0.3, -0.25) is 14.4 Å². The van der Waals surface area contributed by atoms with E-state index in [1.165, 1.54) is 23.9 Å². The van der Waals surface area contributed by atoms with Crippen LogP contribution < -0.4 is 30.4 Å². The highest BCUT2D eigenvalue weighted by atomic mass is 16.5. The molecule has 184 valence electrons. The van der Waals surface area contributed by atoms with E-state index in [0.29, 0.717) is 23.8 Å². The maximum atomic E-state index is 12.6. The van der Waals surface area contributed by atoms with Crippen molar-refractivity contribution in [3.05, 3.63) is 82.3 Å². The van der Waals surface area contributed by atoms with Crippen molar-refractivity contribution < 1.29 is 23.8 Å². The lowest BCUT2D eigenvalue weighted by atomic mass is 10.2. The molecule has 0 radical (unpaired) electrons. The first-order chi connectivity index (χ1) is 17.0. The Kier molecular flexibility index (Phi) is 9.23. The molecule has 1 aromatic heterocycles. The molecule has 10 heteroatoms. The van der Waals surface area contributed by atoms with E-state index in [4.69, 9.17) is 14.2 Å². The first-order valence-corrected chi connectivity index (χ1v) is 11.1. The smallest absolute Gasteiger partial charge is 0.271 e. The SMILES string of the molecule is CCNC(=O)COc1ccc(CNC(=O)c2ccc(=O)n(CCOc3ccccc3)n2)cc1OC. The molecule has 0 aliphatic carbocycles. The zero-order chi connectivity index (χ0) is 25.0. The van der Waals surface area contributed by atoms with Gasteiger partial charge in [-0.1, -0.05) is 24.3 Å². The molecule has 35 heavy (non-hydrogen) atoms. The number of hydrogen-bond acceptors (Lipinski definition) is 7. The van der Waals surface area contributed by atoms with E-state index < -0.39 is 5.91 Å². The van der Waals surface area contributed by atoms with Gasteiger partial charge in [-0.25, -0.2) is 4.68 Å². The monoisotopic (exact) mass is 480 g/mol. The highest BCUT2D eigenvalue weighted by Crippen LogP contribution is 2.28. The predicted molar refractivity (Wildman–Crippen MR) is 129 cm³/mol. The minimum absolute atomic E-state index is 0.109. The van der Waals surface area contributed by atoms with Crippen molar-refractivity contribution >= 4 is 11.8 Å². The van der Waals surface area contributed by atoms with Gasteiger partial charge < -0.3 is 24.8 Å². The molecule has 2 N–H and O–H groups in total. The summed E-state index contributed by atoms with van der Waals surface area (Å²) in [6.07, 6.45) is 0. The van der Waals surface area contributed by atoms with E-state index in [1.54, 1.807) is 18.2 Å². The van der Waals surface area contributed by atoms with Crippen LogP contribution in [0.5, 0.6) is 17.2 Å². The quantitative estimate of drug-likeness (QED) is 0.405. The van der Waals surface area contributed by atoms with Gasteiger partial charge in [0.05, 0.1) is 13.7 Å². The molecule has 0 fully saturated rings. The highest BCUT2D eigenvalue weighted by molar-refractivity contribution is 5.91. The second kappa shape index (κ2) is 12.8. The Morgan fingerprint density at radius 1 is 0.971 bits per heavy atom. The molecule has 0 aliphatic heterocycles. The average molecular weight is 481 g/mol. The van der Waals surface area contributed by atoms with Gasteiger partial charge in [0.25, 0.3) is 17.4 Å². The first kappa shape index (κ1) is 25.3. The molecule has 2 aromatic carbocycles. The average Bonchev–Trinajstić information content (AvgIpc) is 2.88. The Labute approximate surface area is 202 Å². The third kappa shape index (κ3) is 7.60. The second-order valence-corrected chi connectivity index (χ2v) is 7.35. The molecule has 0 bridgehead atoms. The van der Waals surface area contributed by atoms with Gasteiger partial charge in [-0.15, -0.1) is 0 Å². The predicted octanol–water partition coefficient (Wildman–Crippen LogP) is 1.78. The maximum Gasteiger partial charge on any atom is 0.271 e. The number of rotatable bonds is 12. The Hall–Kier alpha value is -4.34. The number of nitrogens with one attached hydrogen (secondary N) is 2. The molecule has 3 rings (SSSR count). The van der Waals surface area contributed by atoms with Gasteiger partial charge in [0.1, 0.15) is 18.1 Å². The van der Waals surface area contributed by atoms with E-state index in [-0.39, 0.29) is 43.5 Å². The molecule has 0 saturated carbocycles. The van der Waals surface area contributed by atoms with Gasteiger partial charge in [-0.05, 0) is 42.8 Å². The molecule has 0 unspecified atom stereocenters. The Bertz CT molecular complexity index is 1200. The largest absolute Gasteiger partial charge is 0.493 e. The summed E-state index contributed by atoms with van der Waals surface area (Å²) in [5, 5.41) is 9.57. The summed E-state index contributed by atoms with van der Waals surface area (Å²) in [5.74, 6) is 0.876. The number of nitrogens with zero attached hydrogens (tertiary/aromatic N) is 2. The van der Waals surface area contributed by atoms with Crippen molar-refractivity contribution in [3.8, 4) is 17.2 Å². The third-order valence-electron chi connectivity index (χ3n) is 4.83. The molecule has 0 spiro atoms. The fourth-order valence-electron chi connectivity index (χ4n) is 3.10. The van der Waals surface area contributed by atoms with E-state index in [9.17, 15) is 14.4 Å². The summed E-state index contributed by atoms with van der Waals surface area (Å²) in [5.41, 5.74) is 0.537. The zero-order valence-corrected chi connectivity index (χ0v) is 19.7. The number of ether oxygens (including phenoxy) is 3. The van der Waals surface area contributed by atoms with Crippen LogP contribution >= 0.6 is 0 Å². The summed E-state index contributed by atoms with van der Waals surface area (Å²) in [6, 6.07) is 17.0. The Morgan fingerprint density at radius 2 is 1.77 bits per heavy atom. The zero-order valence-electron chi connectivity index (χ0n) is 19.7. The van der Waals surface area contributed by atoms with Crippen LogP contribution in [0, 0.1) is 0 Å². The highest BCUT2D eigenvalue weighted by Gasteiger charge is 2.12. The molecule has 10 nitrogen and oxygen atoms in total. The van der Waals surface area contributed by atoms with Crippen LogP contribution in [0.3, 0.4) is 0 Å². The molecular weight excluding hydrogens is 452 g/mol. The third-order valence-corrected chi connectivity index (χ3v) is 4.83. The van der Waals surface area contributed by atoms with Crippen molar-refractivity contribution in [3.63, 3.8) is 0 Å². The van der Waals surface area contributed by atoms with Gasteiger partial charge in [0.2, 0.25) is 0 Å². The van der Waals surface area contributed by atoms with Gasteiger partial charge in [0.15, 0.2) is 18.1 Å². The number of carbonyl (C=O) groups excluding carboxylic acids is 2. The molecule has 0 aliphatic rings. The van der Waals surface area contributed by atoms with Crippen molar-refractivity contribution in [2.45, 2.75) is 20.0 Å². The number of hydrogen-bond donors (Lipinski definition) is 2. The number of likely N-dealkylation sites (N-methyl/N-ethyl adjacent to an activating group) is 1. The molecule has 2 amide bonds. The van der Waals surface area contributed by atoms with E-state index in [1.807, 2.05) is 37.3 Å². The van der Waals surface area contributed by atoms with Crippen molar-refractivity contribution in [2.24, 2.45) is 0 Å². The maximum absolute atomic E-state index is 12.6. The van der Waals surface area contributed by atoms with Crippen LogP contribution in [0.25, 0.3) is 0 Å². The van der Waals surface area contributed by atoms with E-state index in [0.717, 1.165) is 5.56 Å². The summed E-state index contributed by atoms with van der Waals surface area (Å²) in [6.45, 7) is 2.85. The van der Waals surface area contributed by atoms with E-state index >= 15 is 0 Å². The van der Waals surface area contributed by atoms with E-state index in [2.05, 4.69) is 15.7 Å². The number of para-hydroxylation sites is 1. The minimum atomic E-state index is -0.432. The number of carbonyl (C=O) groups is 2. The lowest BCUT2D eigenvalue weighted by Gasteiger charge is -2.13. The summed E-state index contributed by atoms with van der Waals surface area (Å²) >= 11 is 0. The van der Waals surface area contributed by atoms with Gasteiger partial charge >= 0.3 is 0 Å². The van der Waals surface area contributed by atoms with Crippen molar-refractivity contribution in [2.75, 3.05) is 26.9 Å². The van der Waals surface area contributed by atoms with Crippen molar-refractivity contribution in [1.82, 2.24) is 20.4 Å². The molecule has 0 atom stereocenters. The fraction of sp³-hybridized carbons (Fsp3) is 0.280. The number of aromatic nitrogens is 2. The van der Waals surface area contributed by atoms with Crippen LogP contribution in [-0.4, -0.2) is 48.5 Å². The van der Waals surface area contributed by atoms with Crippen LogP contribution in [0.2, 0.25) is 0 Å². The Morgan fingerprint density at radius 3 is 2.51 bits per heavy atom. The molecule has 0 saturated heterocycles. The van der Waals surface area contributed by atoms with Crippen LogP contribution in [0.15, 0.2) is 65.5 Å². The van der Waals surface area contributed by atoms with Crippen molar-refractivity contribution in [1.29, 1.82) is 0 Å². The first-order valence-electron chi connectivity index (χ1n) is 11.1.